The van der Waals surface area contributed by atoms with Crippen LogP contribution in [0.5, 0.6) is 17.5 Å². The maximum Gasteiger partial charge on any atom is 0.573 e. The smallest absolute Gasteiger partial charge is 0.496 e. The van der Waals surface area contributed by atoms with Gasteiger partial charge in [0, 0.05) is 17.3 Å². The summed E-state index contributed by atoms with van der Waals surface area (Å²) in [6.45, 7) is 7.91. The van der Waals surface area contributed by atoms with E-state index in [2.05, 4.69) is 25.1 Å². The first-order chi connectivity index (χ1) is 22.4. The van der Waals surface area contributed by atoms with Gasteiger partial charge in [0.05, 0.1) is 18.5 Å². The number of amidine groups is 1. The number of amides is 3. The number of nitrogens with one attached hydrogen (secondary N) is 1. The first-order valence-electron chi connectivity index (χ1n) is 14.4. The number of urea groups is 1. The van der Waals surface area contributed by atoms with Crippen molar-refractivity contribution in [3.8, 4) is 23.2 Å². The van der Waals surface area contributed by atoms with Crippen LogP contribution < -0.4 is 24.4 Å². The van der Waals surface area contributed by atoms with Gasteiger partial charge in [0.1, 0.15) is 24.4 Å². The van der Waals surface area contributed by atoms with E-state index in [1.54, 1.807) is 18.2 Å². The van der Waals surface area contributed by atoms with Gasteiger partial charge in [0.2, 0.25) is 6.41 Å². The Morgan fingerprint density at radius 2 is 1.87 bits per heavy atom. The van der Waals surface area contributed by atoms with E-state index < -0.39 is 12.4 Å². The third kappa shape index (κ3) is 9.48. The summed E-state index contributed by atoms with van der Waals surface area (Å²) in [6, 6.07) is 15.2. The lowest BCUT2D eigenvalue weighted by Gasteiger charge is -2.23. The number of hydrogen-bond acceptors (Lipinski definition) is 8. The fraction of sp³-hybridized carbons (Fsp3) is 0.281. The van der Waals surface area contributed by atoms with Crippen molar-refractivity contribution in [1.82, 2.24) is 14.8 Å². The van der Waals surface area contributed by atoms with Gasteiger partial charge in [-0.3, -0.25) is 9.69 Å². The maximum atomic E-state index is 13.0. The van der Waals surface area contributed by atoms with Gasteiger partial charge < -0.3 is 19.5 Å². The van der Waals surface area contributed by atoms with E-state index in [9.17, 15) is 22.8 Å². The zero-order valence-electron chi connectivity index (χ0n) is 26.2. The molecule has 248 valence electrons. The molecule has 0 saturated carbocycles. The molecule has 15 heteroatoms. The van der Waals surface area contributed by atoms with Crippen LogP contribution in [0, 0.1) is 6.92 Å². The second-order valence-corrected chi connectivity index (χ2v) is 11.5. The second kappa shape index (κ2) is 15.5. The summed E-state index contributed by atoms with van der Waals surface area (Å²) >= 11 is 1.27. The number of methoxy groups -OCH3 is 1. The van der Waals surface area contributed by atoms with E-state index in [1.165, 1.54) is 46.9 Å². The van der Waals surface area contributed by atoms with Crippen LogP contribution in [0.2, 0.25) is 0 Å². The molecular weight excluding hydrogens is 637 g/mol. The number of aliphatic imine (C=N–C) groups is 1. The van der Waals surface area contributed by atoms with E-state index in [4.69, 9.17) is 9.47 Å². The number of ether oxygens (including phenoxy) is 3. The van der Waals surface area contributed by atoms with Crippen LogP contribution in [0.1, 0.15) is 43.4 Å². The number of carbonyl (C=O) groups excluding carboxylic acids is 2. The van der Waals surface area contributed by atoms with Gasteiger partial charge in [-0.15, -0.1) is 18.3 Å². The number of thioether (sulfide) groups is 1. The van der Waals surface area contributed by atoms with E-state index in [-0.39, 0.29) is 29.5 Å². The Kier molecular flexibility index (Phi) is 11.5. The molecule has 3 aromatic carbocycles. The van der Waals surface area contributed by atoms with Crippen molar-refractivity contribution in [2.24, 2.45) is 4.99 Å². The van der Waals surface area contributed by atoms with Crippen molar-refractivity contribution < 1.29 is 37.0 Å². The molecular formula is C32H33F3N6O5S. The second-order valence-electron chi connectivity index (χ2n) is 10.3. The number of halogens is 3. The van der Waals surface area contributed by atoms with Crippen LogP contribution >= 0.6 is 11.8 Å². The molecule has 0 spiro atoms. The third-order valence-corrected chi connectivity index (χ3v) is 7.39. The monoisotopic (exact) mass is 670 g/mol. The lowest BCUT2D eigenvalue weighted by molar-refractivity contribution is -0.274. The van der Waals surface area contributed by atoms with Crippen molar-refractivity contribution in [2.45, 2.75) is 46.6 Å². The van der Waals surface area contributed by atoms with Gasteiger partial charge in [-0.05, 0) is 72.2 Å². The highest BCUT2D eigenvalue weighted by Crippen LogP contribution is 2.31. The summed E-state index contributed by atoms with van der Waals surface area (Å²) < 4.78 is 53.7. The van der Waals surface area contributed by atoms with Crippen molar-refractivity contribution in [2.75, 3.05) is 23.1 Å². The molecule has 0 unspecified atom stereocenters. The Hall–Kier alpha value is -5.05. The first-order valence-corrected chi connectivity index (χ1v) is 15.3. The van der Waals surface area contributed by atoms with E-state index in [1.807, 2.05) is 45.9 Å². The van der Waals surface area contributed by atoms with Gasteiger partial charge in [-0.1, -0.05) is 44.7 Å². The average molecular weight is 671 g/mol. The number of rotatable bonds is 11. The highest BCUT2D eigenvalue weighted by atomic mass is 32.2. The van der Waals surface area contributed by atoms with Crippen molar-refractivity contribution in [3.05, 3.63) is 83.7 Å². The van der Waals surface area contributed by atoms with Crippen LogP contribution in [0.25, 0.3) is 5.69 Å². The molecule has 4 aromatic rings. The fourth-order valence-electron chi connectivity index (χ4n) is 4.40. The Bertz CT molecular complexity index is 1730. The van der Waals surface area contributed by atoms with Crippen LogP contribution in [0.4, 0.5) is 29.3 Å². The SMILES string of the molecule is CCSC(=NC(=O)Nc1ccc(COc2ncn(-c3ccc(OC(F)(F)F)cc3)n2)c(OC)c1)N(C=O)c1cc(C)ccc1C(C)C. The maximum absolute atomic E-state index is 13.0. The normalized spacial score (nSPS) is 11.7. The molecule has 0 atom stereocenters. The molecule has 4 rings (SSSR count). The predicted octanol–water partition coefficient (Wildman–Crippen LogP) is 7.49. The predicted molar refractivity (Wildman–Crippen MR) is 174 cm³/mol. The van der Waals surface area contributed by atoms with Crippen LogP contribution in [0.15, 0.2) is 72.0 Å². The first kappa shape index (κ1) is 34.8. The molecule has 11 nitrogen and oxygen atoms in total. The molecule has 47 heavy (non-hydrogen) atoms. The van der Waals surface area contributed by atoms with Gasteiger partial charge in [-0.25, -0.2) is 9.48 Å². The minimum Gasteiger partial charge on any atom is -0.496 e. The number of anilines is 2. The van der Waals surface area contributed by atoms with Gasteiger partial charge in [-0.2, -0.15) is 9.98 Å². The molecule has 1 N–H and O–H groups in total. The Balaban J connectivity index is 1.44. The zero-order chi connectivity index (χ0) is 34.1. The highest BCUT2D eigenvalue weighted by molar-refractivity contribution is 8.14. The van der Waals surface area contributed by atoms with Crippen LogP contribution in [-0.2, 0) is 11.4 Å². The molecule has 0 bridgehead atoms. The molecule has 1 aromatic heterocycles. The standard InChI is InChI=1S/C32H33F3N6O5S/c1-6-47-31(40(19-42)27-15-21(4)7-14-26(27)20(2)3)38-29(43)37-23-9-8-22(28(16-23)44-5)17-45-30-36-18-41(39-30)24-10-12-25(13-11-24)46-32(33,34)35/h7-16,18-20H,6,17H2,1-5H3,(H,37,43). The molecule has 0 fully saturated rings. The molecule has 0 aliphatic heterocycles. The van der Waals surface area contributed by atoms with Gasteiger partial charge in [0.15, 0.2) is 5.17 Å². The fourth-order valence-corrected chi connectivity index (χ4v) is 5.09. The number of carbonyl (C=O) groups is 2. The summed E-state index contributed by atoms with van der Waals surface area (Å²) in [6.07, 6.45) is -2.77. The van der Waals surface area contributed by atoms with Gasteiger partial charge >= 0.3 is 18.4 Å². The number of aromatic nitrogens is 3. The average Bonchev–Trinajstić information content (AvgIpc) is 3.49. The van der Waals surface area contributed by atoms with Crippen LogP contribution in [0.3, 0.4) is 0 Å². The highest BCUT2D eigenvalue weighted by Gasteiger charge is 2.31. The summed E-state index contributed by atoms with van der Waals surface area (Å²) in [5.41, 5.74) is 4.05. The Morgan fingerprint density at radius 3 is 2.51 bits per heavy atom. The number of hydrogen-bond donors (Lipinski definition) is 1. The largest absolute Gasteiger partial charge is 0.573 e. The molecule has 3 amide bonds. The number of alkyl halides is 3. The quantitative estimate of drug-likeness (QED) is 0.0991. The Labute approximate surface area is 273 Å². The zero-order valence-corrected chi connectivity index (χ0v) is 27.1. The van der Waals surface area contributed by atoms with Gasteiger partial charge in [0.25, 0.3) is 0 Å². The Morgan fingerprint density at radius 1 is 1.13 bits per heavy atom. The minimum absolute atomic E-state index is 0.0121. The number of benzene rings is 3. The summed E-state index contributed by atoms with van der Waals surface area (Å²) in [4.78, 5) is 35.0. The van der Waals surface area contributed by atoms with Crippen molar-refractivity contribution in [1.29, 1.82) is 0 Å². The summed E-state index contributed by atoms with van der Waals surface area (Å²) in [7, 11) is 1.47. The number of nitrogens with zero attached hydrogens (tertiary/aromatic N) is 5. The lowest BCUT2D eigenvalue weighted by Crippen LogP contribution is -2.30. The summed E-state index contributed by atoms with van der Waals surface area (Å²) in [5, 5.41) is 7.15. The topological polar surface area (TPSA) is 120 Å². The summed E-state index contributed by atoms with van der Waals surface area (Å²) in [5.74, 6) is 0.768. The molecule has 1 heterocycles. The van der Waals surface area contributed by atoms with E-state index >= 15 is 0 Å². The van der Waals surface area contributed by atoms with Crippen molar-refractivity contribution in [3.63, 3.8) is 0 Å². The number of aryl methyl sites for hydroxylation is 1. The third-order valence-electron chi connectivity index (χ3n) is 6.55. The van der Waals surface area contributed by atoms with E-state index in [0.717, 1.165) is 23.3 Å². The van der Waals surface area contributed by atoms with E-state index in [0.29, 0.717) is 40.5 Å². The van der Waals surface area contributed by atoms with Crippen LogP contribution in [-0.4, -0.2) is 51.6 Å². The molecule has 0 radical (unpaired) electrons. The molecule has 0 saturated heterocycles. The minimum atomic E-state index is -4.79. The molecule has 0 aliphatic carbocycles. The lowest BCUT2D eigenvalue weighted by atomic mass is 9.99. The van der Waals surface area contributed by atoms with Crippen molar-refractivity contribution >= 4 is 40.7 Å². The molecule has 0 aliphatic rings.